The van der Waals surface area contributed by atoms with Gasteiger partial charge < -0.3 is 9.64 Å². The van der Waals surface area contributed by atoms with Gasteiger partial charge >= 0.3 is 0 Å². The summed E-state index contributed by atoms with van der Waals surface area (Å²) in [5.74, 6) is 0.676. The molecule has 0 unspecified atom stereocenters. The fraction of sp³-hybridized carbons (Fsp3) is 0.160. The van der Waals surface area contributed by atoms with E-state index >= 15 is 0 Å². The monoisotopic (exact) mass is 438 g/mol. The molecule has 8 heteroatoms. The van der Waals surface area contributed by atoms with E-state index in [9.17, 15) is 4.79 Å². The van der Waals surface area contributed by atoms with Crippen molar-refractivity contribution in [3.63, 3.8) is 0 Å². The Balaban J connectivity index is 1.56. The van der Waals surface area contributed by atoms with Crippen molar-refractivity contribution in [3.8, 4) is 5.75 Å². The van der Waals surface area contributed by atoms with Crippen molar-refractivity contribution in [2.45, 2.75) is 20.0 Å². The Morgan fingerprint density at radius 3 is 2.55 bits per heavy atom. The second kappa shape index (κ2) is 8.66. The summed E-state index contributed by atoms with van der Waals surface area (Å²) in [4.78, 5) is 19.3. The minimum atomic E-state index is -0.0943. The molecule has 0 fully saturated rings. The lowest BCUT2D eigenvalue weighted by atomic mass is 10.1. The van der Waals surface area contributed by atoms with Gasteiger partial charge in [-0.2, -0.15) is 4.52 Å². The molecule has 0 bridgehead atoms. The summed E-state index contributed by atoms with van der Waals surface area (Å²) in [5.41, 5.74) is 5.13. The molecule has 0 N–H and O–H groups in total. The van der Waals surface area contributed by atoms with E-state index in [4.69, 9.17) is 4.74 Å². The van der Waals surface area contributed by atoms with Crippen LogP contribution in [0, 0.1) is 6.92 Å². The highest BCUT2D eigenvalue weighted by atomic mass is 16.5. The number of aromatic nitrogens is 5. The summed E-state index contributed by atoms with van der Waals surface area (Å²) in [5, 5.41) is 13.3. The predicted molar refractivity (Wildman–Crippen MR) is 124 cm³/mol. The molecule has 0 saturated carbocycles. The average molecular weight is 438 g/mol. The number of hydrogen-bond donors (Lipinski definition) is 0. The first-order valence-corrected chi connectivity index (χ1v) is 10.5. The van der Waals surface area contributed by atoms with E-state index in [2.05, 4.69) is 32.6 Å². The second-order valence-electron chi connectivity index (χ2n) is 7.89. The molecule has 0 radical (unpaired) electrons. The number of benzene rings is 2. The Bertz CT molecular complexity index is 1430. The topological polar surface area (TPSA) is 85.5 Å². The van der Waals surface area contributed by atoms with Crippen LogP contribution in [0.1, 0.15) is 27.0 Å². The van der Waals surface area contributed by atoms with E-state index < -0.39 is 0 Å². The number of carbonyl (C=O) groups is 1. The Morgan fingerprint density at radius 2 is 1.79 bits per heavy atom. The van der Waals surface area contributed by atoms with Gasteiger partial charge in [-0.05, 0) is 65.4 Å². The first-order valence-electron chi connectivity index (χ1n) is 10.5. The van der Waals surface area contributed by atoms with Crippen molar-refractivity contribution in [1.82, 2.24) is 29.9 Å². The van der Waals surface area contributed by atoms with Crippen LogP contribution in [0.5, 0.6) is 5.75 Å². The normalized spacial score (nSPS) is 11.1. The van der Waals surface area contributed by atoms with E-state index in [1.54, 1.807) is 41.1 Å². The molecule has 2 aromatic carbocycles. The van der Waals surface area contributed by atoms with Crippen LogP contribution < -0.4 is 4.74 Å². The summed E-state index contributed by atoms with van der Waals surface area (Å²) in [6, 6.07) is 19.4. The maximum absolute atomic E-state index is 13.5. The molecule has 5 aromatic rings. The van der Waals surface area contributed by atoms with E-state index in [0.717, 1.165) is 33.3 Å². The minimum Gasteiger partial charge on any atom is -0.497 e. The van der Waals surface area contributed by atoms with Crippen LogP contribution in [-0.4, -0.2) is 42.9 Å². The van der Waals surface area contributed by atoms with Crippen LogP contribution in [-0.2, 0) is 13.1 Å². The Hall–Kier alpha value is -4.33. The van der Waals surface area contributed by atoms with Gasteiger partial charge in [0.2, 0.25) is 0 Å². The zero-order chi connectivity index (χ0) is 22.8. The molecule has 0 saturated heterocycles. The van der Waals surface area contributed by atoms with Gasteiger partial charge in [-0.1, -0.05) is 23.8 Å². The van der Waals surface area contributed by atoms with Crippen molar-refractivity contribution < 1.29 is 9.53 Å². The van der Waals surface area contributed by atoms with Crippen molar-refractivity contribution in [3.05, 3.63) is 95.3 Å². The van der Waals surface area contributed by atoms with Crippen molar-refractivity contribution in [1.29, 1.82) is 0 Å². The molecule has 0 atom stereocenters. The molecule has 0 aliphatic rings. The molecule has 0 spiro atoms. The number of methoxy groups -OCH3 is 1. The van der Waals surface area contributed by atoms with Gasteiger partial charge in [0.15, 0.2) is 5.65 Å². The predicted octanol–water partition coefficient (Wildman–Crippen LogP) is 3.83. The van der Waals surface area contributed by atoms with Gasteiger partial charge in [0.1, 0.15) is 5.75 Å². The molecule has 0 aliphatic carbocycles. The fourth-order valence-corrected chi connectivity index (χ4v) is 3.93. The highest BCUT2D eigenvalue weighted by Crippen LogP contribution is 2.23. The number of carbonyl (C=O) groups excluding carboxylic acids is 1. The number of fused-ring (bicyclic) bond motifs is 3. The third-order valence-electron chi connectivity index (χ3n) is 5.61. The summed E-state index contributed by atoms with van der Waals surface area (Å²) in [6.45, 7) is 2.82. The van der Waals surface area contributed by atoms with Gasteiger partial charge in [-0.15, -0.1) is 5.10 Å². The Labute approximate surface area is 190 Å². The SMILES string of the molecule is COc1ccc(CN(Cc2cc3cc(C)ccc3n3nnnc23)C(=O)c2ccncc2)cc1. The number of hydrogen-bond acceptors (Lipinski definition) is 6. The lowest BCUT2D eigenvalue weighted by Gasteiger charge is -2.23. The molecule has 1 amide bonds. The number of pyridine rings is 2. The summed E-state index contributed by atoms with van der Waals surface area (Å²) < 4.78 is 6.99. The summed E-state index contributed by atoms with van der Waals surface area (Å²) in [6.07, 6.45) is 3.25. The molecule has 3 heterocycles. The fourth-order valence-electron chi connectivity index (χ4n) is 3.93. The second-order valence-corrected chi connectivity index (χ2v) is 7.89. The molecule has 0 aliphatic heterocycles. The molecular formula is C25H22N6O2. The lowest BCUT2D eigenvalue weighted by molar-refractivity contribution is 0.0730. The number of rotatable bonds is 6. The Morgan fingerprint density at radius 1 is 1.00 bits per heavy atom. The largest absolute Gasteiger partial charge is 0.497 e. The van der Waals surface area contributed by atoms with E-state index in [0.29, 0.717) is 24.3 Å². The standard InChI is InChI=1S/C25H22N6O2/c1-17-3-8-23-20(13-17)14-21(24-27-28-29-31(23)24)16-30(25(32)19-9-11-26-12-10-19)15-18-4-6-22(33-2)7-5-18/h3-14H,15-16H2,1-2H3. The van der Waals surface area contributed by atoms with Crippen LogP contribution in [0.2, 0.25) is 0 Å². The molecule has 164 valence electrons. The molecular weight excluding hydrogens is 416 g/mol. The maximum atomic E-state index is 13.5. The number of amides is 1. The maximum Gasteiger partial charge on any atom is 0.254 e. The zero-order valence-corrected chi connectivity index (χ0v) is 18.3. The highest BCUT2D eigenvalue weighted by molar-refractivity contribution is 5.94. The van der Waals surface area contributed by atoms with Gasteiger partial charge in [0, 0.05) is 35.5 Å². The van der Waals surface area contributed by atoms with Gasteiger partial charge in [0.25, 0.3) is 5.91 Å². The number of tetrazole rings is 1. The minimum absolute atomic E-state index is 0.0943. The van der Waals surface area contributed by atoms with Crippen molar-refractivity contribution in [2.24, 2.45) is 0 Å². The van der Waals surface area contributed by atoms with Gasteiger partial charge in [-0.25, -0.2) is 0 Å². The van der Waals surface area contributed by atoms with Crippen molar-refractivity contribution >= 4 is 22.5 Å². The van der Waals surface area contributed by atoms with E-state index in [1.165, 1.54) is 0 Å². The van der Waals surface area contributed by atoms with Crippen LogP contribution in [0.3, 0.4) is 0 Å². The quantitative estimate of drug-likeness (QED) is 0.401. The lowest BCUT2D eigenvalue weighted by Crippen LogP contribution is -2.30. The third-order valence-corrected chi connectivity index (χ3v) is 5.61. The first-order chi connectivity index (χ1) is 16.1. The van der Waals surface area contributed by atoms with E-state index in [1.807, 2.05) is 43.3 Å². The average Bonchev–Trinajstić information content (AvgIpc) is 3.34. The third kappa shape index (κ3) is 4.10. The van der Waals surface area contributed by atoms with E-state index in [-0.39, 0.29) is 5.91 Å². The number of ether oxygens (including phenoxy) is 1. The highest BCUT2D eigenvalue weighted by Gasteiger charge is 2.20. The molecule has 3 aromatic heterocycles. The van der Waals surface area contributed by atoms with Crippen LogP contribution in [0.4, 0.5) is 0 Å². The van der Waals surface area contributed by atoms with Crippen LogP contribution >= 0.6 is 0 Å². The van der Waals surface area contributed by atoms with Gasteiger partial charge in [-0.3, -0.25) is 9.78 Å². The number of aryl methyl sites for hydroxylation is 1. The first kappa shape index (κ1) is 20.6. The van der Waals surface area contributed by atoms with Crippen LogP contribution in [0.15, 0.2) is 73.1 Å². The van der Waals surface area contributed by atoms with Crippen LogP contribution in [0.25, 0.3) is 16.6 Å². The molecule has 8 nitrogen and oxygen atoms in total. The number of nitrogens with zero attached hydrogens (tertiary/aromatic N) is 6. The zero-order valence-electron chi connectivity index (χ0n) is 18.3. The van der Waals surface area contributed by atoms with Gasteiger partial charge in [0.05, 0.1) is 19.2 Å². The molecule has 33 heavy (non-hydrogen) atoms. The molecule has 5 rings (SSSR count). The summed E-state index contributed by atoms with van der Waals surface area (Å²) in [7, 11) is 1.63. The van der Waals surface area contributed by atoms with Crippen molar-refractivity contribution in [2.75, 3.05) is 7.11 Å². The smallest absolute Gasteiger partial charge is 0.254 e. The summed E-state index contributed by atoms with van der Waals surface area (Å²) >= 11 is 0. The Kier molecular flexibility index (Phi) is 5.40.